The molecule has 1 rings (SSSR count). The summed E-state index contributed by atoms with van der Waals surface area (Å²) in [7, 11) is 0. The van der Waals surface area contributed by atoms with E-state index in [-0.39, 0.29) is 18.1 Å². The third-order valence-electron chi connectivity index (χ3n) is 2.54. The SMILES string of the molecule is CC1O[C@@H](C)C(O)C(O)[C@H]1C. The fraction of sp³-hybridized carbons (Fsp3) is 1.00. The number of ether oxygens (including phenoxy) is 1. The van der Waals surface area contributed by atoms with E-state index in [0.717, 1.165) is 0 Å². The molecule has 0 aromatic heterocycles. The third-order valence-corrected chi connectivity index (χ3v) is 2.54. The lowest BCUT2D eigenvalue weighted by atomic mass is 9.89. The van der Waals surface area contributed by atoms with Gasteiger partial charge in [-0.15, -0.1) is 0 Å². The average Bonchev–Trinajstić information content (AvgIpc) is 1.97. The van der Waals surface area contributed by atoms with Crippen LogP contribution in [-0.2, 0) is 4.74 Å². The summed E-state index contributed by atoms with van der Waals surface area (Å²) >= 11 is 0. The van der Waals surface area contributed by atoms with Crippen LogP contribution >= 0.6 is 0 Å². The molecule has 0 amide bonds. The minimum absolute atomic E-state index is 0.0150. The van der Waals surface area contributed by atoms with Crippen LogP contribution in [0.3, 0.4) is 0 Å². The van der Waals surface area contributed by atoms with Gasteiger partial charge in [-0.1, -0.05) is 6.92 Å². The zero-order valence-corrected chi connectivity index (χ0v) is 7.19. The number of aliphatic hydroxyl groups excluding tert-OH is 2. The van der Waals surface area contributed by atoms with E-state index < -0.39 is 12.2 Å². The molecule has 0 aromatic rings. The molecule has 0 radical (unpaired) electrons. The van der Waals surface area contributed by atoms with E-state index in [1.165, 1.54) is 0 Å². The van der Waals surface area contributed by atoms with Crippen molar-refractivity contribution in [1.82, 2.24) is 0 Å². The van der Waals surface area contributed by atoms with Crippen molar-refractivity contribution >= 4 is 0 Å². The Bertz CT molecular complexity index is 123. The molecule has 2 N–H and O–H groups in total. The van der Waals surface area contributed by atoms with Crippen LogP contribution in [0.5, 0.6) is 0 Å². The highest BCUT2D eigenvalue weighted by Gasteiger charge is 2.37. The maximum absolute atomic E-state index is 9.46. The van der Waals surface area contributed by atoms with Gasteiger partial charge in [0.05, 0.1) is 18.3 Å². The van der Waals surface area contributed by atoms with Gasteiger partial charge in [-0.25, -0.2) is 0 Å². The van der Waals surface area contributed by atoms with Gasteiger partial charge in [0.2, 0.25) is 0 Å². The van der Waals surface area contributed by atoms with Crippen molar-refractivity contribution in [2.75, 3.05) is 0 Å². The van der Waals surface area contributed by atoms with Gasteiger partial charge in [-0.05, 0) is 13.8 Å². The summed E-state index contributed by atoms with van der Waals surface area (Å²) in [6.07, 6.45) is -1.60. The maximum Gasteiger partial charge on any atom is 0.106 e. The zero-order chi connectivity index (χ0) is 8.59. The van der Waals surface area contributed by atoms with E-state index >= 15 is 0 Å². The highest BCUT2D eigenvalue weighted by Crippen LogP contribution is 2.24. The standard InChI is InChI=1S/C8H16O3/c1-4-5(2)11-6(3)8(10)7(4)9/h4-10H,1-3H3/t4-,5?,6-,7?,8?/m0/s1. The molecule has 1 aliphatic heterocycles. The van der Waals surface area contributed by atoms with Crippen molar-refractivity contribution in [2.24, 2.45) is 5.92 Å². The number of aliphatic hydroxyl groups is 2. The van der Waals surface area contributed by atoms with Crippen LogP contribution in [0.15, 0.2) is 0 Å². The van der Waals surface area contributed by atoms with Crippen molar-refractivity contribution in [3.8, 4) is 0 Å². The lowest BCUT2D eigenvalue weighted by Crippen LogP contribution is -2.51. The molecule has 1 fully saturated rings. The first-order valence-electron chi connectivity index (χ1n) is 4.05. The summed E-state index contributed by atoms with van der Waals surface area (Å²) in [6, 6.07) is 0. The summed E-state index contributed by atoms with van der Waals surface area (Å²) in [6.45, 7) is 5.57. The van der Waals surface area contributed by atoms with E-state index in [0.29, 0.717) is 0 Å². The first-order chi connectivity index (χ1) is 5.04. The van der Waals surface area contributed by atoms with Crippen LogP contribution in [-0.4, -0.2) is 34.6 Å². The second kappa shape index (κ2) is 3.09. The van der Waals surface area contributed by atoms with Crippen molar-refractivity contribution in [1.29, 1.82) is 0 Å². The van der Waals surface area contributed by atoms with Crippen LogP contribution in [0, 0.1) is 5.92 Å². The first kappa shape index (κ1) is 8.97. The van der Waals surface area contributed by atoms with Crippen molar-refractivity contribution in [3.05, 3.63) is 0 Å². The Morgan fingerprint density at radius 2 is 1.45 bits per heavy atom. The van der Waals surface area contributed by atoms with Gasteiger partial charge < -0.3 is 14.9 Å². The molecular weight excluding hydrogens is 144 g/mol. The molecule has 0 aliphatic carbocycles. The van der Waals surface area contributed by atoms with Gasteiger partial charge >= 0.3 is 0 Å². The summed E-state index contributed by atoms with van der Waals surface area (Å²) in [4.78, 5) is 0. The summed E-state index contributed by atoms with van der Waals surface area (Å²) < 4.78 is 5.37. The highest BCUT2D eigenvalue weighted by atomic mass is 16.5. The normalized spacial score (nSPS) is 52.6. The Kier molecular flexibility index (Phi) is 2.52. The lowest BCUT2D eigenvalue weighted by molar-refractivity contribution is -0.184. The van der Waals surface area contributed by atoms with E-state index in [4.69, 9.17) is 4.74 Å². The minimum atomic E-state index is -0.735. The number of hydrogen-bond acceptors (Lipinski definition) is 3. The van der Waals surface area contributed by atoms with E-state index in [1.54, 1.807) is 6.92 Å². The van der Waals surface area contributed by atoms with Gasteiger partial charge in [-0.3, -0.25) is 0 Å². The monoisotopic (exact) mass is 160 g/mol. The van der Waals surface area contributed by atoms with Crippen molar-refractivity contribution in [3.63, 3.8) is 0 Å². The quantitative estimate of drug-likeness (QED) is 0.530. The molecule has 3 unspecified atom stereocenters. The molecule has 0 saturated carbocycles. The summed E-state index contributed by atoms with van der Waals surface area (Å²) in [5.41, 5.74) is 0. The topological polar surface area (TPSA) is 49.7 Å². The molecule has 5 atom stereocenters. The highest BCUT2D eigenvalue weighted by molar-refractivity contribution is 4.86. The molecule has 0 aromatic carbocycles. The van der Waals surface area contributed by atoms with Crippen molar-refractivity contribution in [2.45, 2.75) is 45.2 Å². The second-order valence-corrected chi connectivity index (χ2v) is 3.39. The fourth-order valence-electron chi connectivity index (χ4n) is 1.41. The Morgan fingerprint density at radius 3 is 2.00 bits per heavy atom. The molecule has 1 aliphatic rings. The van der Waals surface area contributed by atoms with E-state index in [1.807, 2.05) is 13.8 Å². The molecule has 3 nitrogen and oxygen atoms in total. The lowest BCUT2D eigenvalue weighted by Gasteiger charge is -2.38. The van der Waals surface area contributed by atoms with Crippen LogP contribution < -0.4 is 0 Å². The van der Waals surface area contributed by atoms with Crippen molar-refractivity contribution < 1.29 is 14.9 Å². The van der Waals surface area contributed by atoms with Gasteiger partial charge in [0.25, 0.3) is 0 Å². The molecule has 66 valence electrons. The Balaban J connectivity index is 2.63. The Hall–Kier alpha value is -0.120. The molecular formula is C8H16O3. The van der Waals surface area contributed by atoms with Crippen LogP contribution in [0.25, 0.3) is 0 Å². The predicted molar refractivity (Wildman–Crippen MR) is 41.2 cm³/mol. The Labute approximate surface area is 67.0 Å². The smallest absolute Gasteiger partial charge is 0.106 e. The number of hydrogen-bond donors (Lipinski definition) is 2. The third kappa shape index (κ3) is 1.55. The van der Waals surface area contributed by atoms with E-state index in [2.05, 4.69) is 0 Å². The van der Waals surface area contributed by atoms with Crippen LogP contribution in [0.4, 0.5) is 0 Å². The number of rotatable bonds is 0. The summed E-state index contributed by atoms with van der Waals surface area (Å²) in [5.74, 6) is 0.0150. The minimum Gasteiger partial charge on any atom is -0.390 e. The largest absolute Gasteiger partial charge is 0.390 e. The van der Waals surface area contributed by atoms with Gasteiger partial charge in [0.1, 0.15) is 6.10 Å². The molecule has 3 heteroatoms. The van der Waals surface area contributed by atoms with Gasteiger partial charge in [-0.2, -0.15) is 0 Å². The Morgan fingerprint density at radius 1 is 0.909 bits per heavy atom. The summed E-state index contributed by atoms with van der Waals surface area (Å²) in [5, 5.41) is 18.8. The maximum atomic E-state index is 9.46. The second-order valence-electron chi connectivity index (χ2n) is 3.39. The van der Waals surface area contributed by atoms with Gasteiger partial charge in [0, 0.05) is 5.92 Å². The first-order valence-corrected chi connectivity index (χ1v) is 4.05. The van der Waals surface area contributed by atoms with E-state index in [9.17, 15) is 10.2 Å². The van der Waals surface area contributed by atoms with Crippen LogP contribution in [0.2, 0.25) is 0 Å². The van der Waals surface area contributed by atoms with Gasteiger partial charge in [0.15, 0.2) is 0 Å². The molecule has 1 heterocycles. The average molecular weight is 160 g/mol. The molecule has 0 spiro atoms. The molecule has 11 heavy (non-hydrogen) atoms. The zero-order valence-electron chi connectivity index (χ0n) is 7.19. The molecule has 0 bridgehead atoms. The molecule has 1 saturated heterocycles. The van der Waals surface area contributed by atoms with Crippen LogP contribution in [0.1, 0.15) is 20.8 Å². The fourth-order valence-corrected chi connectivity index (χ4v) is 1.41. The predicted octanol–water partition coefficient (Wildman–Crippen LogP) is 0.151.